The molecule has 7 heteroatoms. The fourth-order valence-electron chi connectivity index (χ4n) is 4.87. The largest absolute Gasteiger partial charge is 0.349 e. The average molecular weight is 416 g/mol. The Kier molecular flexibility index (Phi) is 3.74. The Balaban J connectivity index is 1.50. The van der Waals surface area contributed by atoms with Crippen molar-refractivity contribution < 1.29 is 4.79 Å². The van der Waals surface area contributed by atoms with Crippen LogP contribution in [-0.2, 0) is 12.5 Å². The molecule has 1 aliphatic carbocycles. The number of aromatic amines is 1. The summed E-state index contributed by atoms with van der Waals surface area (Å²) in [5.74, 6) is 0.331. The van der Waals surface area contributed by atoms with E-state index in [-0.39, 0.29) is 16.9 Å². The molecular formula is C21H19Cl2N3O2. The molecule has 2 fully saturated rings. The molecule has 1 aliphatic heterocycles. The molecule has 1 saturated carbocycles. The number of nitrogens with zero attached hydrogens (tertiary/aromatic N) is 2. The van der Waals surface area contributed by atoms with Gasteiger partial charge in [-0.1, -0.05) is 29.3 Å². The van der Waals surface area contributed by atoms with Gasteiger partial charge in [0, 0.05) is 37.9 Å². The number of fused-ring (bicyclic) bond motifs is 2. The van der Waals surface area contributed by atoms with Gasteiger partial charge in [0.1, 0.15) is 0 Å². The molecule has 0 bridgehead atoms. The van der Waals surface area contributed by atoms with Crippen LogP contribution in [0.5, 0.6) is 0 Å². The van der Waals surface area contributed by atoms with Crippen LogP contribution in [0.25, 0.3) is 10.9 Å². The molecule has 3 aromatic rings. The van der Waals surface area contributed by atoms with Gasteiger partial charge in [-0.2, -0.15) is 0 Å². The topological polar surface area (TPSA) is 58.1 Å². The van der Waals surface area contributed by atoms with Crippen LogP contribution in [0.4, 0.5) is 0 Å². The minimum atomic E-state index is -0.229. The highest BCUT2D eigenvalue weighted by atomic mass is 35.5. The highest BCUT2D eigenvalue weighted by molar-refractivity contribution is 6.42. The second-order valence-corrected chi connectivity index (χ2v) is 8.86. The van der Waals surface area contributed by atoms with Gasteiger partial charge in [-0.3, -0.25) is 9.59 Å². The first-order chi connectivity index (χ1) is 13.3. The normalized spacial score (nSPS) is 23.3. The molecule has 1 amide bonds. The van der Waals surface area contributed by atoms with Crippen LogP contribution < -0.4 is 5.56 Å². The number of carbonyl (C=O) groups is 1. The van der Waals surface area contributed by atoms with E-state index in [0.717, 1.165) is 23.1 Å². The molecule has 5 rings (SSSR count). The van der Waals surface area contributed by atoms with Gasteiger partial charge in [-0.15, -0.1) is 0 Å². The summed E-state index contributed by atoms with van der Waals surface area (Å²) in [5, 5.41) is 1.55. The molecule has 1 N–H and O–H groups in total. The minimum absolute atomic E-state index is 0.0448. The summed E-state index contributed by atoms with van der Waals surface area (Å²) < 4.78 is 1.86. The Morgan fingerprint density at radius 2 is 2.07 bits per heavy atom. The highest BCUT2D eigenvalue weighted by Gasteiger charge is 2.61. The summed E-state index contributed by atoms with van der Waals surface area (Å²) in [6.45, 7) is 3.25. The van der Waals surface area contributed by atoms with Gasteiger partial charge >= 0.3 is 0 Å². The number of piperidine rings is 1. The molecule has 1 aromatic carbocycles. The van der Waals surface area contributed by atoms with Crippen LogP contribution in [0.3, 0.4) is 0 Å². The lowest BCUT2D eigenvalue weighted by Crippen LogP contribution is -2.33. The SMILES string of the molecule is Cc1c[nH]c(=O)c2c(C(=O)N3CC4C[C@@]4(c4ccc(Cl)c(Cl)c4)C3)cn(C)c12. The number of likely N-dealkylation sites (tertiary alicyclic amines) is 1. The van der Waals surface area contributed by atoms with E-state index in [0.29, 0.717) is 40.0 Å². The second-order valence-electron chi connectivity index (χ2n) is 8.05. The van der Waals surface area contributed by atoms with Gasteiger partial charge in [0.05, 0.1) is 26.5 Å². The number of rotatable bonds is 2. The van der Waals surface area contributed by atoms with E-state index < -0.39 is 0 Å². The maximum absolute atomic E-state index is 13.3. The molecule has 1 saturated heterocycles. The molecule has 5 nitrogen and oxygen atoms in total. The molecule has 28 heavy (non-hydrogen) atoms. The molecular weight excluding hydrogens is 397 g/mol. The maximum atomic E-state index is 13.3. The van der Waals surface area contributed by atoms with Crippen molar-refractivity contribution in [2.45, 2.75) is 18.8 Å². The summed E-state index contributed by atoms with van der Waals surface area (Å²) in [7, 11) is 1.87. The third-order valence-corrected chi connectivity index (χ3v) is 7.10. The fourth-order valence-corrected chi connectivity index (χ4v) is 5.17. The molecule has 0 radical (unpaired) electrons. The summed E-state index contributed by atoms with van der Waals surface area (Å²) >= 11 is 12.3. The van der Waals surface area contributed by atoms with E-state index in [1.165, 1.54) is 0 Å². The van der Waals surface area contributed by atoms with Crippen molar-refractivity contribution in [2.24, 2.45) is 13.0 Å². The lowest BCUT2D eigenvalue weighted by molar-refractivity contribution is 0.0774. The Hall–Kier alpha value is -2.24. The van der Waals surface area contributed by atoms with E-state index in [2.05, 4.69) is 4.98 Å². The molecule has 2 aromatic heterocycles. The second kappa shape index (κ2) is 5.88. The van der Waals surface area contributed by atoms with Crippen LogP contribution in [0.15, 0.2) is 35.4 Å². The lowest BCUT2D eigenvalue weighted by atomic mass is 9.95. The van der Waals surface area contributed by atoms with Crippen molar-refractivity contribution in [1.82, 2.24) is 14.5 Å². The number of halogens is 2. The van der Waals surface area contributed by atoms with Gasteiger partial charge in [-0.25, -0.2) is 0 Å². The number of amides is 1. The van der Waals surface area contributed by atoms with Crippen molar-refractivity contribution in [3.05, 3.63) is 67.7 Å². The van der Waals surface area contributed by atoms with Gasteiger partial charge < -0.3 is 14.5 Å². The van der Waals surface area contributed by atoms with E-state index in [1.54, 1.807) is 12.4 Å². The van der Waals surface area contributed by atoms with Crippen LogP contribution in [0.2, 0.25) is 10.0 Å². The monoisotopic (exact) mass is 415 g/mol. The molecule has 0 spiro atoms. The Labute approximate surface area is 171 Å². The van der Waals surface area contributed by atoms with E-state index in [9.17, 15) is 9.59 Å². The zero-order valence-electron chi connectivity index (χ0n) is 15.6. The average Bonchev–Trinajstić information content (AvgIpc) is 3.05. The first-order valence-electron chi connectivity index (χ1n) is 9.24. The number of hydrogen-bond acceptors (Lipinski definition) is 2. The molecule has 2 atom stereocenters. The van der Waals surface area contributed by atoms with Crippen molar-refractivity contribution in [3.63, 3.8) is 0 Å². The van der Waals surface area contributed by atoms with Crippen LogP contribution in [-0.4, -0.2) is 33.4 Å². The van der Waals surface area contributed by atoms with Crippen molar-refractivity contribution >= 4 is 40.0 Å². The first-order valence-corrected chi connectivity index (χ1v) is 9.99. The predicted molar refractivity (Wildman–Crippen MR) is 110 cm³/mol. The van der Waals surface area contributed by atoms with Crippen LogP contribution in [0.1, 0.15) is 27.9 Å². The number of H-pyrrole nitrogens is 1. The Morgan fingerprint density at radius 1 is 1.29 bits per heavy atom. The molecule has 144 valence electrons. The van der Waals surface area contributed by atoms with Gasteiger partial charge in [0.15, 0.2) is 0 Å². The third kappa shape index (κ3) is 2.39. The molecule has 2 aliphatic rings. The van der Waals surface area contributed by atoms with Gasteiger partial charge in [-0.05, 0) is 42.5 Å². The van der Waals surface area contributed by atoms with Crippen molar-refractivity contribution in [1.29, 1.82) is 0 Å². The number of carbonyl (C=O) groups excluding carboxylic acids is 1. The van der Waals surface area contributed by atoms with E-state index in [1.807, 2.05) is 41.6 Å². The van der Waals surface area contributed by atoms with Crippen molar-refractivity contribution in [2.75, 3.05) is 13.1 Å². The molecule has 1 unspecified atom stereocenters. The highest BCUT2D eigenvalue weighted by Crippen LogP contribution is 2.59. The Morgan fingerprint density at radius 3 is 2.82 bits per heavy atom. The maximum Gasteiger partial charge on any atom is 0.258 e. The lowest BCUT2D eigenvalue weighted by Gasteiger charge is -2.21. The number of benzene rings is 1. The predicted octanol–water partition coefficient (Wildman–Crippen LogP) is 3.90. The van der Waals surface area contributed by atoms with E-state index in [4.69, 9.17) is 23.2 Å². The zero-order chi connectivity index (χ0) is 19.8. The van der Waals surface area contributed by atoms with E-state index >= 15 is 0 Å². The quantitative estimate of drug-likeness (QED) is 0.689. The number of aryl methyl sites for hydroxylation is 2. The summed E-state index contributed by atoms with van der Waals surface area (Å²) in [6, 6.07) is 5.75. The summed E-state index contributed by atoms with van der Waals surface area (Å²) in [5.41, 5.74) is 3.06. The van der Waals surface area contributed by atoms with Crippen LogP contribution >= 0.6 is 23.2 Å². The smallest absolute Gasteiger partial charge is 0.258 e. The third-order valence-electron chi connectivity index (χ3n) is 6.36. The first kappa shape index (κ1) is 17.8. The number of pyridine rings is 1. The zero-order valence-corrected chi connectivity index (χ0v) is 17.1. The van der Waals surface area contributed by atoms with Gasteiger partial charge in [0.25, 0.3) is 11.5 Å². The Bertz CT molecular complexity index is 1210. The molecule has 3 heterocycles. The van der Waals surface area contributed by atoms with Gasteiger partial charge in [0.2, 0.25) is 0 Å². The fraction of sp³-hybridized carbons (Fsp3) is 0.333. The number of hydrogen-bond donors (Lipinski definition) is 1. The standard InChI is InChI=1S/C21H19Cl2N3O2/c1-11-7-24-19(27)17-14(9-25(2)18(11)17)20(28)26-8-13-6-21(13,10-26)12-3-4-15(22)16(23)5-12/h3-5,7,9,13H,6,8,10H2,1-2H3,(H,24,27)/t13?,21-/m0/s1. The van der Waals surface area contributed by atoms with Crippen molar-refractivity contribution in [3.8, 4) is 0 Å². The summed E-state index contributed by atoms with van der Waals surface area (Å²) in [6.07, 6.45) is 4.50. The number of nitrogens with one attached hydrogen (secondary N) is 1. The van der Waals surface area contributed by atoms with Crippen LogP contribution in [0, 0.1) is 12.8 Å². The summed E-state index contributed by atoms with van der Waals surface area (Å²) in [4.78, 5) is 30.4. The number of aromatic nitrogens is 2. The minimum Gasteiger partial charge on any atom is -0.349 e.